The van der Waals surface area contributed by atoms with Crippen molar-refractivity contribution in [2.75, 3.05) is 5.32 Å². The van der Waals surface area contributed by atoms with Crippen molar-refractivity contribution in [1.29, 1.82) is 0 Å². The van der Waals surface area contributed by atoms with Crippen molar-refractivity contribution in [3.63, 3.8) is 0 Å². The molecule has 110 valence electrons. The number of aryl methyl sites for hydroxylation is 1. The van der Waals surface area contributed by atoms with Gasteiger partial charge in [0.05, 0.1) is 28.2 Å². The van der Waals surface area contributed by atoms with Gasteiger partial charge in [-0.3, -0.25) is 9.48 Å². The van der Waals surface area contributed by atoms with Crippen LogP contribution in [0.4, 0.5) is 5.82 Å². The number of benzene rings is 1. The molecule has 5 nitrogen and oxygen atoms in total. The van der Waals surface area contributed by atoms with Crippen molar-refractivity contribution < 1.29 is 4.79 Å². The van der Waals surface area contributed by atoms with E-state index in [-0.39, 0.29) is 17.3 Å². The number of hydrogen-bond acceptors (Lipinski definition) is 3. The molecule has 1 aromatic heterocycles. The Labute approximate surface area is 137 Å². The number of halogens is 2. The average molecular weight is 343 g/mol. The summed E-state index contributed by atoms with van der Waals surface area (Å²) in [6.07, 6.45) is 1.66. The van der Waals surface area contributed by atoms with Gasteiger partial charge in [0.1, 0.15) is 10.8 Å². The Kier molecular flexibility index (Phi) is 4.82. The number of nitrogens with zero attached hydrogens (tertiary/aromatic N) is 2. The smallest absolute Gasteiger partial charge is 0.229 e. The lowest BCUT2D eigenvalue weighted by atomic mass is 10.1. The number of nitrogens with two attached hydrogens (primary N) is 1. The number of hydrogen-bond donors (Lipinski definition) is 2. The minimum absolute atomic E-state index is 0.152. The third kappa shape index (κ3) is 3.72. The van der Waals surface area contributed by atoms with Gasteiger partial charge in [0.15, 0.2) is 0 Å². The molecule has 0 atom stereocenters. The summed E-state index contributed by atoms with van der Waals surface area (Å²) < 4.78 is 1.50. The topological polar surface area (TPSA) is 72.9 Å². The molecule has 1 aromatic carbocycles. The molecule has 1 heterocycles. The van der Waals surface area contributed by atoms with Crippen LogP contribution in [0.3, 0.4) is 0 Å². The summed E-state index contributed by atoms with van der Waals surface area (Å²) in [5.74, 6) is 0.238. The van der Waals surface area contributed by atoms with Crippen LogP contribution in [0.5, 0.6) is 0 Å². The van der Waals surface area contributed by atoms with E-state index in [1.54, 1.807) is 25.2 Å². The predicted molar refractivity (Wildman–Crippen MR) is 87.9 cm³/mol. The first-order chi connectivity index (χ1) is 9.88. The molecule has 0 aliphatic rings. The molecule has 2 rings (SSSR count). The molecule has 0 aliphatic carbocycles. The molecular weight excluding hydrogens is 331 g/mol. The molecule has 2 aromatic rings. The van der Waals surface area contributed by atoms with E-state index < -0.39 is 0 Å². The number of anilines is 1. The van der Waals surface area contributed by atoms with Gasteiger partial charge in [-0.15, -0.1) is 0 Å². The van der Waals surface area contributed by atoms with Gasteiger partial charge in [-0.1, -0.05) is 41.5 Å². The summed E-state index contributed by atoms with van der Waals surface area (Å²) in [6.45, 7) is 0. The van der Waals surface area contributed by atoms with E-state index in [4.69, 9.17) is 41.2 Å². The fraction of sp³-hybridized carbons (Fsp3) is 0.154. The minimum atomic E-state index is -0.227. The van der Waals surface area contributed by atoms with Gasteiger partial charge in [-0.25, -0.2) is 0 Å². The third-order valence-corrected chi connectivity index (χ3v) is 3.77. The van der Waals surface area contributed by atoms with E-state index in [1.807, 2.05) is 0 Å². The molecule has 0 saturated heterocycles. The van der Waals surface area contributed by atoms with Crippen molar-refractivity contribution in [3.05, 3.63) is 45.6 Å². The lowest BCUT2D eigenvalue weighted by molar-refractivity contribution is -0.115. The number of nitrogens with one attached hydrogen (secondary N) is 1. The zero-order valence-corrected chi connectivity index (χ0v) is 13.4. The summed E-state index contributed by atoms with van der Waals surface area (Å²) in [5.41, 5.74) is 6.86. The maximum atomic E-state index is 12.1. The van der Waals surface area contributed by atoms with Gasteiger partial charge in [0, 0.05) is 7.05 Å². The van der Waals surface area contributed by atoms with Crippen LogP contribution in [0.15, 0.2) is 24.4 Å². The highest BCUT2D eigenvalue weighted by Crippen LogP contribution is 2.23. The largest absolute Gasteiger partial charge is 0.389 e. The summed E-state index contributed by atoms with van der Waals surface area (Å²) in [7, 11) is 1.69. The highest BCUT2D eigenvalue weighted by atomic mass is 35.5. The quantitative estimate of drug-likeness (QED) is 0.837. The van der Waals surface area contributed by atoms with Gasteiger partial charge in [-0.2, -0.15) is 5.10 Å². The van der Waals surface area contributed by atoms with Crippen molar-refractivity contribution in [2.45, 2.75) is 6.42 Å². The Morgan fingerprint density at radius 2 is 2.14 bits per heavy atom. The molecule has 0 fully saturated rings. The molecule has 0 radical (unpaired) electrons. The van der Waals surface area contributed by atoms with Gasteiger partial charge < -0.3 is 11.1 Å². The highest BCUT2D eigenvalue weighted by molar-refractivity contribution is 7.80. The van der Waals surface area contributed by atoms with Gasteiger partial charge >= 0.3 is 0 Å². The molecule has 8 heteroatoms. The second kappa shape index (κ2) is 6.43. The van der Waals surface area contributed by atoms with Crippen LogP contribution >= 0.6 is 35.4 Å². The van der Waals surface area contributed by atoms with Crippen molar-refractivity contribution >= 4 is 52.1 Å². The number of aromatic nitrogens is 2. The van der Waals surface area contributed by atoms with E-state index >= 15 is 0 Å². The number of thiocarbonyl (C=S) groups is 1. The van der Waals surface area contributed by atoms with Crippen LogP contribution in [0, 0.1) is 0 Å². The molecule has 0 unspecified atom stereocenters. The molecule has 0 bridgehead atoms. The van der Waals surface area contributed by atoms with E-state index in [0.29, 0.717) is 21.4 Å². The predicted octanol–water partition coefficient (Wildman–Crippen LogP) is 2.54. The number of rotatable bonds is 4. The zero-order chi connectivity index (χ0) is 15.6. The monoisotopic (exact) mass is 342 g/mol. The maximum absolute atomic E-state index is 12.1. The molecule has 0 spiro atoms. The summed E-state index contributed by atoms with van der Waals surface area (Å²) >= 11 is 16.7. The second-order valence-electron chi connectivity index (χ2n) is 4.37. The normalized spacial score (nSPS) is 10.4. The van der Waals surface area contributed by atoms with Crippen LogP contribution in [-0.4, -0.2) is 20.7 Å². The van der Waals surface area contributed by atoms with E-state index in [9.17, 15) is 4.79 Å². The lowest BCUT2D eigenvalue weighted by Gasteiger charge is -2.08. The molecule has 0 aliphatic heterocycles. The van der Waals surface area contributed by atoms with Crippen molar-refractivity contribution in [1.82, 2.24) is 9.78 Å². The van der Waals surface area contributed by atoms with Crippen LogP contribution in [0.25, 0.3) is 0 Å². The molecule has 0 saturated carbocycles. The SMILES string of the molecule is Cn1ncc(C(N)=S)c1NC(=O)Cc1ccc(Cl)c(Cl)c1. The van der Waals surface area contributed by atoms with Crippen molar-refractivity contribution in [3.8, 4) is 0 Å². The van der Waals surface area contributed by atoms with E-state index in [2.05, 4.69) is 10.4 Å². The Balaban J connectivity index is 2.13. The third-order valence-electron chi connectivity index (χ3n) is 2.81. The number of carbonyl (C=O) groups is 1. The molecule has 21 heavy (non-hydrogen) atoms. The van der Waals surface area contributed by atoms with Gasteiger partial charge in [0.25, 0.3) is 0 Å². The first-order valence-corrected chi connectivity index (χ1v) is 7.10. The number of carbonyl (C=O) groups excluding carboxylic acids is 1. The van der Waals surface area contributed by atoms with Gasteiger partial charge in [0.2, 0.25) is 5.91 Å². The fourth-order valence-electron chi connectivity index (χ4n) is 1.78. The Morgan fingerprint density at radius 3 is 2.76 bits per heavy atom. The van der Waals surface area contributed by atoms with E-state index in [0.717, 1.165) is 5.56 Å². The Bertz CT molecular complexity index is 714. The van der Waals surface area contributed by atoms with E-state index in [1.165, 1.54) is 10.9 Å². The van der Waals surface area contributed by atoms with Gasteiger partial charge in [-0.05, 0) is 17.7 Å². The molecular formula is C13H12Cl2N4OS. The van der Waals surface area contributed by atoms with Crippen molar-refractivity contribution in [2.24, 2.45) is 12.8 Å². The first-order valence-electron chi connectivity index (χ1n) is 5.94. The van der Waals surface area contributed by atoms with Crippen LogP contribution < -0.4 is 11.1 Å². The van der Waals surface area contributed by atoms with Crippen LogP contribution in [0.1, 0.15) is 11.1 Å². The lowest BCUT2D eigenvalue weighted by Crippen LogP contribution is -2.20. The van der Waals surface area contributed by atoms with Crippen LogP contribution in [-0.2, 0) is 18.3 Å². The average Bonchev–Trinajstić information content (AvgIpc) is 2.76. The summed E-state index contributed by atoms with van der Waals surface area (Å²) in [6, 6.07) is 5.05. The molecule has 3 N–H and O–H groups in total. The Morgan fingerprint density at radius 1 is 1.43 bits per heavy atom. The summed E-state index contributed by atoms with van der Waals surface area (Å²) in [5, 5.41) is 7.62. The Hall–Kier alpha value is -1.63. The maximum Gasteiger partial charge on any atom is 0.229 e. The van der Waals surface area contributed by atoms with Crippen LogP contribution in [0.2, 0.25) is 10.0 Å². The standard InChI is InChI=1S/C13H12Cl2N4OS/c1-19-13(8(6-17-19)12(16)21)18-11(20)5-7-2-3-9(14)10(15)4-7/h2-4,6H,5H2,1H3,(H2,16,21)(H,18,20). The molecule has 1 amide bonds. The summed E-state index contributed by atoms with van der Waals surface area (Å²) in [4.78, 5) is 12.3. The highest BCUT2D eigenvalue weighted by Gasteiger charge is 2.14. The minimum Gasteiger partial charge on any atom is -0.389 e. The second-order valence-corrected chi connectivity index (χ2v) is 5.62. The first kappa shape index (κ1) is 15.8. The fourth-order valence-corrected chi connectivity index (χ4v) is 2.25. The number of amides is 1. The zero-order valence-electron chi connectivity index (χ0n) is 11.1.